The molecule has 1 unspecified atom stereocenters. The number of hydrogen-bond donors (Lipinski definition) is 2. The number of morpholine rings is 1. The van der Waals surface area contributed by atoms with Gasteiger partial charge in [0.1, 0.15) is 5.82 Å². The highest BCUT2D eigenvalue weighted by atomic mass is 32.2. The van der Waals surface area contributed by atoms with Crippen LogP contribution in [0.15, 0.2) is 46.2 Å². The quantitative estimate of drug-likeness (QED) is 0.502. The van der Waals surface area contributed by atoms with Crippen molar-refractivity contribution in [2.45, 2.75) is 24.5 Å². The molecule has 4 heterocycles. The van der Waals surface area contributed by atoms with Crippen molar-refractivity contribution in [1.29, 1.82) is 0 Å². The fourth-order valence-electron chi connectivity index (χ4n) is 4.30. The van der Waals surface area contributed by atoms with Crippen molar-refractivity contribution in [2.24, 2.45) is 5.73 Å². The number of amides is 1. The molecule has 0 radical (unpaired) electrons. The average Bonchev–Trinajstić information content (AvgIpc) is 3.28. The predicted molar refractivity (Wildman–Crippen MR) is 134 cm³/mol. The van der Waals surface area contributed by atoms with E-state index < -0.39 is 12.2 Å². The van der Waals surface area contributed by atoms with Crippen LogP contribution in [0.5, 0.6) is 11.5 Å². The Morgan fingerprint density at radius 1 is 1.23 bits per heavy atom. The normalized spacial score (nSPS) is 17.0. The third kappa shape index (κ3) is 4.71. The zero-order valence-electron chi connectivity index (χ0n) is 19.5. The van der Waals surface area contributed by atoms with Gasteiger partial charge in [-0.1, -0.05) is 0 Å². The number of fused-ring (bicyclic) bond motifs is 1. The topological polar surface area (TPSA) is 120 Å². The van der Waals surface area contributed by atoms with Gasteiger partial charge in [0, 0.05) is 52.1 Å². The Kier molecular flexibility index (Phi) is 6.40. The lowest BCUT2D eigenvalue weighted by Gasteiger charge is -2.27. The smallest absolute Gasteiger partial charge is 0.252 e. The number of aromatic nitrogens is 2. The first-order valence-electron chi connectivity index (χ1n) is 11.3. The molecule has 0 bridgehead atoms. The summed E-state index contributed by atoms with van der Waals surface area (Å²) in [5, 5.41) is 0. The minimum Gasteiger partial charge on any atom is -0.451 e. The van der Waals surface area contributed by atoms with E-state index in [0.29, 0.717) is 41.4 Å². The molecule has 1 fully saturated rings. The Morgan fingerprint density at radius 3 is 2.71 bits per heavy atom. The molecule has 5 rings (SSSR count). The molecular weight excluding hydrogens is 468 g/mol. The molecule has 0 aliphatic carbocycles. The number of aromatic amines is 1. The maximum atomic E-state index is 12.6. The fraction of sp³-hybridized carbons (Fsp3) is 0.320. The highest BCUT2D eigenvalue weighted by molar-refractivity contribution is 7.98. The van der Waals surface area contributed by atoms with Gasteiger partial charge in [0.05, 0.1) is 19.6 Å². The van der Waals surface area contributed by atoms with Gasteiger partial charge < -0.3 is 29.8 Å². The molecule has 9 nitrogen and oxygen atoms in total. The van der Waals surface area contributed by atoms with Crippen molar-refractivity contribution in [3.63, 3.8) is 0 Å². The van der Waals surface area contributed by atoms with E-state index >= 15 is 0 Å². The Labute approximate surface area is 206 Å². The highest BCUT2D eigenvalue weighted by Crippen LogP contribution is 2.44. The second-order valence-corrected chi connectivity index (χ2v) is 9.27. The molecule has 3 aromatic rings. The van der Waals surface area contributed by atoms with E-state index in [1.54, 1.807) is 18.3 Å². The van der Waals surface area contributed by atoms with Gasteiger partial charge in [0.15, 0.2) is 11.5 Å². The minimum absolute atomic E-state index is 0.168. The molecule has 2 aliphatic rings. The van der Waals surface area contributed by atoms with Crippen molar-refractivity contribution < 1.29 is 19.0 Å². The summed E-state index contributed by atoms with van der Waals surface area (Å²) in [7, 11) is 0. The number of H-pyrrole nitrogens is 1. The molecular formula is C25H26N4O5S. The number of anilines is 1. The van der Waals surface area contributed by atoms with E-state index in [4.69, 9.17) is 19.9 Å². The Morgan fingerprint density at radius 2 is 2.03 bits per heavy atom. The number of carbonyl (C=O) groups is 1. The van der Waals surface area contributed by atoms with Crippen LogP contribution in [0.4, 0.5) is 5.82 Å². The lowest BCUT2D eigenvalue weighted by molar-refractivity contribution is 0.0496. The zero-order valence-corrected chi connectivity index (χ0v) is 20.3. The summed E-state index contributed by atoms with van der Waals surface area (Å²) < 4.78 is 17.6. The third-order valence-electron chi connectivity index (χ3n) is 6.06. The zero-order chi connectivity index (χ0) is 24.5. The summed E-state index contributed by atoms with van der Waals surface area (Å²) in [6, 6.07) is 9.07. The molecule has 3 N–H and O–H groups in total. The number of nitrogens with one attached hydrogen (secondary N) is 1. The Bertz CT molecular complexity index is 1320. The van der Waals surface area contributed by atoms with Crippen LogP contribution in [0.2, 0.25) is 0 Å². The molecule has 2 aliphatic heterocycles. The number of ether oxygens (including phenoxy) is 3. The first kappa shape index (κ1) is 23.3. The molecule has 2 aromatic heterocycles. The molecule has 1 amide bonds. The summed E-state index contributed by atoms with van der Waals surface area (Å²) in [4.78, 5) is 35.1. The number of rotatable bonds is 6. The minimum atomic E-state index is -0.720. The van der Waals surface area contributed by atoms with E-state index in [0.717, 1.165) is 35.1 Å². The monoisotopic (exact) mass is 494 g/mol. The van der Waals surface area contributed by atoms with E-state index in [-0.39, 0.29) is 12.0 Å². The number of aryl methyl sites for hydroxylation is 1. The summed E-state index contributed by atoms with van der Waals surface area (Å²) in [6.07, 6.45) is 3.20. The first-order valence-corrected chi connectivity index (χ1v) is 12.5. The van der Waals surface area contributed by atoms with Gasteiger partial charge in [0.2, 0.25) is 12.2 Å². The van der Waals surface area contributed by atoms with Crippen LogP contribution in [0.1, 0.15) is 21.6 Å². The van der Waals surface area contributed by atoms with Crippen molar-refractivity contribution in [3.8, 4) is 22.6 Å². The molecule has 10 heteroatoms. The van der Waals surface area contributed by atoms with Crippen LogP contribution in [-0.2, 0) is 11.2 Å². The maximum absolute atomic E-state index is 12.6. The van der Waals surface area contributed by atoms with Crippen LogP contribution < -0.4 is 25.7 Å². The van der Waals surface area contributed by atoms with Gasteiger partial charge in [0.25, 0.3) is 5.56 Å². The van der Waals surface area contributed by atoms with Crippen molar-refractivity contribution >= 4 is 23.5 Å². The molecule has 0 saturated carbocycles. The lowest BCUT2D eigenvalue weighted by atomic mass is 10.0. The number of nitrogens with two attached hydrogens (primary N) is 1. The molecule has 182 valence electrons. The molecule has 0 spiro atoms. The van der Waals surface area contributed by atoms with E-state index in [2.05, 4.69) is 14.9 Å². The van der Waals surface area contributed by atoms with Gasteiger partial charge in [-0.2, -0.15) is 0 Å². The second-order valence-electron chi connectivity index (χ2n) is 8.42. The summed E-state index contributed by atoms with van der Waals surface area (Å²) in [6.45, 7) is 4.76. The van der Waals surface area contributed by atoms with Gasteiger partial charge >= 0.3 is 0 Å². The summed E-state index contributed by atoms with van der Waals surface area (Å²) >= 11 is 1.50. The van der Waals surface area contributed by atoms with E-state index in [1.807, 2.05) is 31.4 Å². The van der Waals surface area contributed by atoms with E-state index in [9.17, 15) is 9.59 Å². The standard InChI is InChI=1S/C25H26N4O5S/c1-14-9-20(35-2)18(25(31)28-14)12-22-33-19-11-16(24(26)30)10-17(23(19)34-22)15-3-4-21(27-13-15)29-5-7-32-8-6-29/h3-4,9-11,13,22H,5-8,12H2,1-2H3,(H2,26,30)(H,28,31). The number of thioether (sulfide) groups is 1. The number of hydrogen-bond acceptors (Lipinski definition) is 8. The summed E-state index contributed by atoms with van der Waals surface area (Å²) in [5.74, 6) is 1.19. The molecule has 35 heavy (non-hydrogen) atoms. The summed E-state index contributed by atoms with van der Waals surface area (Å²) in [5.41, 5.74) is 8.53. The van der Waals surface area contributed by atoms with Crippen molar-refractivity contribution in [1.82, 2.24) is 9.97 Å². The third-order valence-corrected chi connectivity index (χ3v) is 6.87. The number of primary amides is 1. The number of carbonyl (C=O) groups excluding carboxylic acids is 1. The van der Waals surface area contributed by atoms with Crippen LogP contribution in [0.25, 0.3) is 11.1 Å². The molecule has 1 atom stereocenters. The van der Waals surface area contributed by atoms with Crippen LogP contribution in [0.3, 0.4) is 0 Å². The van der Waals surface area contributed by atoms with Crippen LogP contribution in [-0.4, -0.2) is 54.7 Å². The van der Waals surface area contributed by atoms with Gasteiger partial charge in [-0.3, -0.25) is 9.59 Å². The predicted octanol–water partition coefficient (Wildman–Crippen LogP) is 2.74. The van der Waals surface area contributed by atoms with E-state index in [1.165, 1.54) is 11.8 Å². The van der Waals surface area contributed by atoms with Gasteiger partial charge in [-0.25, -0.2) is 4.98 Å². The molecule has 1 aromatic carbocycles. The SMILES string of the molecule is CSc1cc(C)[nH]c(=O)c1CC1Oc2cc(C(N)=O)cc(-c3ccc(N4CCOCC4)nc3)c2O1. The lowest BCUT2D eigenvalue weighted by Crippen LogP contribution is -2.36. The Hall–Kier alpha value is -3.50. The number of benzene rings is 1. The average molecular weight is 495 g/mol. The van der Waals surface area contributed by atoms with Crippen LogP contribution >= 0.6 is 11.8 Å². The second kappa shape index (κ2) is 9.63. The Balaban J connectivity index is 1.46. The number of pyridine rings is 2. The van der Waals surface area contributed by atoms with Gasteiger partial charge in [-0.05, 0) is 43.5 Å². The first-order chi connectivity index (χ1) is 16.9. The number of nitrogens with zero attached hydrogens (tertiary/aromatic N) is 2. The van der Waals surface area contributed by atoms with Crippen LogP contribution in [0, 0.1) is 6.92 Å². The highest BCUT2D eigenvalue weighted by Gasteiger charge is 2.31. The van der Waals surface area contributed by atoms with Gasteiger partial charge in [-0.15, -0.1) is 11.8 Å². The largest absolute Gasteiger partial charge is 0.451 e. The van der Waals surface area contributed by atoms with Crippen molar-refractivity contribution in [3.05, 3.63) is 63.7 Å². The maximum Gasteiger partial charge on any atom is 0.252 e. The molecule has 1 saturated heterocycles. The van der Waals surface area contributed by atoms with Crippen molar-refractivity contribution in [2.75, 3.05) is 37.5 Å². The fourth-order valence-corrected chi connectivity index (χ4v) is 5.02.